The highest BCUT2D eigenvalue weighted by molar-refractivity contribution is 6.07. The van der Waals surface area contributed by atoms with Crippen LogP contribution in [0.5, 0.6) is 5.75 Å². The van der Waals surface area contributed by atoms with Crippen LogP contribution in [-0.2, 0) is 9.63 Å². The van der Waals surface area contributed by atoms with Gasteiger partial charge in [0, 0.05) is 18.1 Å². The molecule has 1 aromatic carbocycles. The number of oxime groups is 1. The van der Waals surface area contributed by atoms with E-state index >= 15 is 0 Å². The summed E-state index contributed by atoms with van der Waals surface area (Å²) in [5.74, 6) is 1.35. The van der Waals surface area contributed by atoms with Crippen LogP contribution in [0.1, 0.15) is 17.7 Å². The van der Waals surface area contributed by atoms with Crippen molar-refractivity contribution in [1.29, 1.82) is 0 Å². The van der Waals surface area contributed by atoms with Crippen molar-refractivity contribution in [3.63, 3.8) is 0 Å². The number of anilines is 1. The highest BCUT2D eigenvalue weighted by Crippen LogP contribution is 2.25. The van der Waals surface area contributed by atoms with E-state index in [-0.39, 0.29) is 5.91 Å². The molecular weight excluding hydrogens is 286 g/mol. The van der Waals surface area contributed by atoms with Crippen LogP contribution >= 0.6 is 0 Å². The molecule has 2 aromatic rings. The van der Waals surface area contributed by atoms with Crippen LogP contribution in [-0.4, -0.2) is 30.0 Å². The molecule has 114 valence electrons. The van der Waals surface area contributed by atoms with Gasteiger partial charge in [0.1, 0.15) is 11.5 Å². The smallest absolute Gasteiger partial charge is 0.269 e. The minimum Gasteiger partial charge on any atom is -0.496 e. The fraction of sp³-hybridized carbons (Fsp3) is 0.267. The molecule has 0 bridgehead atoms. The molecule has 22 heavy (non-hydrogen) atoms. The molecule has 0 saturated heterocycles. The van der Waals surface area contributed by atoms with Crippen molar-refractivity contribution in [3.8, 4) is 5.75 Å². The van der Waals surface area contributed by atoms with Crippen molar-refractivity contribution < 1.29 is 18.9 Å². The van der Waals surface area contributed by atoms with Crippen LogP contribution in [0, 0.1) is 6.92 Å². The minimum atomic E-state index is -0.697. The van der Waals surface area contributed by atoms with Crippen LogP contribution in [0.2, 0.25) is 0 Å². The third-order valence-corrected chi connectivity index (χ3v) is 3.26. The van der Waals surface area contributed by atoms with Gasteiger partial charge >= 0.3 is 0 Å². The number of nitrogens with zero attached hydrogens (tertiary/aromatic N) is 2. The SMILES string of the molecule is COc1ccccc1C1=NO[C@H](C(=O)Nc2cc(C)on2)C1. The number of carbonyl (C=O) groups is 1. The van der Waals surface area contributed by atoms with Crippen LogP contribution in [0.3, 0.4) is 0 Å². The molecule has 1 atom stereocenters. The summed E-state index contributed by atoms with van der Waals surface area (Å²) in [6.07, 6.45) is -0.333. The molecule has 0 unspecified atom stereocenters. The van der Waals surface area contributed by atoms with Gasteiger partial charge in [-0.1, -0.05) is 22.4 Å². The Morgan fingerprint density at radius 1 is 1.41 bits per heavy atom. The number of hydrogen-bond donors (Lipinski definition) is 1. The number of aryl methyl sites for hydroxylation is 1. The third-order valence-electron chi connectivity index (χ3n) is 3.26. The van der Waals surface area contributed by atoms with E-state index in [2.05, 4.69) is 15.6 Å². The van der Waals surface area contributed by atoms with E-state index in [1.807, 2.05) is 24.3 Å². The summed E-state index contributed by atoms with van der Waals surface area (Å²) in [6.45, 7) is 1.75. The first-order chi connectivity index (χ1) is 10.7. The lowest BCUT2D eigenvalue weighted by Gasteiger charge is -2.08. The molecule has 2 heterocycles. The minimum absolute atomic E-state index is 0.318. The lowest BCUT2D eigenvalue weighted by molar-refractivity contribution is -0.125. The number of carbonyl (C=O) groups excluding carboxylic acids is 1. The second-order valence-corrected chi connectivity index (χ2v) is 4.85. The number of nitrogens with one attached hydrogen (secondary N) is 1. The van der Waals surface area contributed by atoms with Gasteiger partial charge in [-0.25, -0.2) is 0 Å². The second kappa shape index (κ2) is 5.88. The molecule has 1 aromatic heterocycles. The van der Waals surface area contributed by atoms with Crippen molar-refractivity contribution in [2.75, 3.05) is 12.4 Å². The van der Waals surface area contributed by atoms with Crippen molar-refractivity contribution in [2.45, 2.75) is 19.4 Å². The third kappa shape index (κ3) is 2.78. The molecule has 1 aliphatic rings. The first-order valence-electron chi connectivity index (χ1n) is 6.77. The molecule has 1 amide bonds. The topological polar surface area (TPSA) is 86.0 Å². The molecule has 1 aliphatic heterocycles. The Labute approximate surface area is 126 Å². The monoisotopic (exact) mass is 301 g/mol. The Hall–Kier alpha value is -2.83. The van der Waals surface area contributed by atoms with Gasteiger partial charge in [-0.2, -0.15) is 0 Å². The zero-order chi connectivity index (χ0) is 15.5. The fourth-order valence-corrected chi connectivity index (χ4v) is 2.19. The number of hydrogen-bond acceptors (Lipinski definition) is 6. The summed E-state index contributed by atoms with van der Waals surface area (Å²) in [7, 11) is 1.59. The molecule has 3 rings (SSSR count). The van der Waals surface area contributed by atoms with Crippen molar-refractivity contribution in [1.82, 2.24) is 5.16 Å². The zero-order valence-corrected chi connectivity index (χ0v) is 12.2. The van der Waals surface area contributed by atoms with E-state index in [4.69, 9.17) is 14.1 Å². The molecule has 0 radical (unpaired) electrons. The van der Waals surface area contributed by atoms with Gasteiger partial charge in [0.05, 0.1) is 12.8 Å². The fourth-order valence-electron chi connectivity index (χ4n) is 2.19. The normalized spacial score (nSPS) is 16.8. The summed E-state index contributed by atoms with van der Waals surface area (Å²) in [5.41, 5.74) is 1.49. The Morgan fingerprint density at radius 3 is 2.95 bits per heavy atom. The maximum Gasteiger partial charge on any atom is 0.269 e. The van der Waals surface area contributed by atoms with E-state index in [1.54, 1.807) is 20.1 Å². The first kappa shape index (κ1) is 14.1. The molecule has 7 nitrogen and oxygen atoms in total. The first-order valence-corrected chi connectivity index (χ1v) is 6.77. The van der Waals surface area contributed by atoms with Gasteiger partial charge < -0.3 is 19.4 Å². The maximum atomic E-state index is 12.1. The molecule has 0 aliphatic carbocycles. The summed E-state index contributed by atoms with van der Waals surface area (Å²) in [6, 6.07) is 9.10. The number of aromatic nitrogens is 1. The molecule has 1 N–H and O–H groups in total. The van der Waals surface area contributed by atoms with Gasteiger partial charge in [-0.15, -0.1) is 0 Å². The highest BCUT2D eigenvalue weighted by Gasteiger charge is 2.30. The molecule has 0 spiro atoms. The quantitative estimate of drug-likeness (QED) is 0.934. The van der Waals surface area contributed by atoms with Crippen molar-refractivity contribution in [2.24, 2.45) is 5.16 Å². The average molecular weight is 301 g/mol. The van der Waals surface area contributed by atoms with Crippen LogP contribution in [0.25, 0.3) is 0 Å². The molecule has 0 fully saturated rings. The number of rotatable bonds is 4. The Morgan fingerprint density at radius 2 is 2.23 bits per heavy atom. The molecular formula is C15H15N3O4. The average Bonchev–Trinajstić information content (AvgIpc) is 3.16. The number of methoxy groups -OCH3 is 1. The Bertz CT molecular complexity index is 723. The van der Waals surface area contributed by atoms with Gasteiger partial charge in [0.15, 0.2) is 5.82 Å². The summed E-state index contributed by atoms with van der Waals surface area (Å²) < 4.78 is 10.2. The molecule has 0 saturated carbocycles. The van der Waals surface area contributed by atoms with E-state index in [9.17, 15) is 4.79 Å². The van der Waals surface area contributed by atoms with Crippen LogP contribution < -0.4 is 10.1 Å². The lowest BCUT2D eigenvalue weighted by atomic mass is 10.0. The zero-order valence-electron chi connectivity index (χ0n) is 12.2. The van der Waals surface area contributed by atoms with Gasteiger partial charge in [0.2, 0.25) is 6.10 Å². The largest absolute Gasteiger partial charge is 0.496 e. The van der Waals surface area contributed by atoms with Gasteiger partial charge in [-0.05, 0) is 19.1 Å². The van der Waals surface area contributed by atoms with E-state index in [1.165, 1.54) is 0 Å². The Kier molecular flexibility index (Phi) is 3.78. The number of para-hydroxylation sites is 1. The standard InChI is InChI=1S/C15H15N3O4/c1-9-7-14(18-21-9)16-15(19)13-8-11(17-22-13)10-5-3-4-6-12(10)20-2/h3-7,13H,8H2,1-2H3,(H,16,18,19)/t13-/m0/s1. The van der Waals surface area contributed by atoms with Gasteiger partial charge in [-0.3, -0.25) is 4.79 Å². The summed E-state index contributed by atoms with van der Waals surface area (Å²) >= 11 is 0. The van der Waals surface area contributed by atoms with E-state index in [0.29, 0.717) is 29.5 Å². The Balaban J connectivity index is 1.67. The number of ether oxygens (including phenoxy) is 1. The van der Waals surface area contributed by atoms with Crippen LogP contribution in [0.15, 0.2) is 40.0 Å². The van der Waals surface area contributed by atoms with E-state index < -0.39 is 6.10 Å². The number of amides is 1. The lowest BCUT2D eigenvalue weighted by Crippen LogP contribution is -2.28. The predicted molar refractivity (Wildman–Crippen MR) is 78.9 cm³/mol. The number of benzene rings is 1. The predicted octanol–water partition coefficient (Wildman–Crippen LogP) is 2.12. The van der Waals surface area contributed by atoms with Crippen LogP contribution in [0.4, 0.5) is 5.82 Å². The highest BCUT2D eigenvalue weighted by atomic mass is 16.6. The second-order valence-electron chi connectivity index (χ2n) is 4.85. The van der Waals surface area contributed by atoms with Crippen molar-refractivity contribution >= 4 is 17.4 Å². The summed E-state index contributed by atoms with van der Waals surface area (Å²) in [5, 5.41) is 10.3. The summed E-state index contributed by atoms with van der Waals surface area (Å²) in [4.78, 5) is 17.4. The van der Waals surface area contributed by atoms with Gasteiger partial charge in [0.25, 0.3) is 5.91 Å². The maximum absolute atomic E-state index is 12.1. The van der Waals surface area contributed by atoms with Crippen molar-refractivity contribution in [3.05, 3.63) is 41.7 Å². The van der Waals surface area contributed by atoms with E-state index in [0.717, 1.165) is 5.56 Å². The molecule has 7 heteroatoms.